The summed E-state index contributed by atoms with van der Waals surface area (Å²) in [4.78, 5) is 0. The van der Waals surface area contributed by atoms with Crippen LogP contribution in [0.15, 0.2) is 28.7 Å². The van der Waals surface area contributed by atoms with Gasteiger partial charge < -0.3 is 10.4 Å². The van der Waals surface area contributed by atoms with E-state index < -0.39 is 0 Å². The zero-order valence-corrected chi connectivity index (χ0v) is 11.1. The Bertz CT molecular complexity index is 334. The molecule has 0 saturated heterocycles. The van der Waals surface area contributed by atoms with Crippen LogP contribution < -0.4 is 5.32 Å². The van der Waals surface area contributed by atoms with Crippen molar-refractivity contribution in [2.75, 3.05) is 6.61 Å². The van der Waals surface area contributed by atoms with Crippen LogP contribution in [0.2, 0.25) is 0 Å². The van der Waals surface area contributed by atoms with Crippen LogP contribution in [0.3, 0.4) is 0 Å². The van der Waals surface area contributed by atoms with Gasteiger partial charge in [-0.15, -0.1) is 0 Å². The fourth-order valence-electron chi connectivity index (χ4n) is 1.96. The molecule has 2 N–H and O–H groups in total. The molecule has 1 aromatic carbocycles. The zero-order valence-electron chi connectivity index (χ0n) is 9.49. The fraction of sp³-hybridized carbons (Fsp3) is 0.538. The monoisotopic (exact) mass is 283 g/mol. The Kier molecular flexibility index (Phi) is 4.00. The Balaban J connectivity index is 2.09. The number of nitrogens with one attached hydrogen (secondary N) is 1. The lowest BCUT2D eigenvalue weighted by molar-refractivity contribution is 0.236. The predicted octanol–water partition coefficient (Wildman–Crippen LogP) is 2.87. The van der Waals surface area contributed by atoms with Crippen molar-refractivity contribution in [3.05, 3.63) is 34.3 Å². The molecule has 0 heterocycles. The number of aliphatic hydroxyl groups is 1. The van der Waals surface area contributed by atoms with Gasteiger partial charge in [0, 0.05) is 16.6 Å². The number of aliphatic hydroxyl groups excluding tert-OH is 1. The Morgan fingerprint density at radius 1 is 1.38 bits per heavy atom. The summed E-state index contributed by atoms with van der Waals surface area (Å²) in [6, 6.07) is 9.03. The topological polar surface area (TPSA) is 32.3 Å². The molecule has 1 fully saturated rings. The molecule has 2 atom stereocenters. The first-order valence-electron chi connectivity index (χ1n) is 5.83. The van der Waals surface area contributed by atoms with Crippen LogP contribution in [0, 0.1) is 5.92 Å². The molecule has 0 aromatic heterocycles. The number of rotatable bonds is 5. The standard InChI is InChI=1S/C13H18BrNO/c1-9(8-16)15-13(10-2-3-10)11-4-6-12(14)7-5-11/h4-7,9-10,13,15-16H,2-3,8H2,1H3. The van der Waals surface area contributed by atoms with Gasteiger partial charge in [0.05, 0.1) is 6.61 Å². The van der Waals surface area contributed by atoms with Crippen molar-refractivity contribution < 1.29 is 5.11 Å². The van der Waals surface area contributed by atoms with E-state index in [1.54, 1.807) is 0 Å². The first-order chi connectivity index (χ1) is 7.70. The molecular weight excluding hydrogens is 266 g/mol. The summed E-state index contributed by atoms with van der Waals surface area (Å²) in [6.45, 7) is 2.22. The molecule has 2 rings (SSSR count). The van der Waals surface area contributed by atoms with E-state index in [2.05, 4.69) is 45.5 Å². The van der Waals surface area contributed by atoms with Crippen molar-refractivity contribution >= 4 is 15.9 Å². The minimum absolute atomic E-state index is 0.161. The van der Waals surface area contributed by atoms with Gasteiger partial charge in [0.1, 0.15) is 0 Å². The third-order valence-electron chi connectivity index (χ3n) is 3.06. The summed E-state index contributed by atoms with van der Waals surface area (Å²) in [5.74, 6) is 0.746. The third-order valence-corrected chi connectivity index (χ3v) is 3.59. The highest BCUT2D eigenvalue weighted by molar-refractivity contribution is 9.10. The first-order valence-corrected chi connectivity index (χ1v) is 6.62. The minimum Gasteiger partial charge on any atom is -0.395 e. The van der Waals surface area contributed by atoms with Gasteiger partial charge >= 0.3 is 0 Å². The van der Waals surface area contributed by atoms with Crippen molar-refractivity contribution in [2.45, 2.75) is 31.8 Å². The maximum absolute atomic E-state index is 9.11. The van der Waals surface area contributed by atoms with E-state index in [-0.39, 0.29) is 12.6 Å². The van der Waals surface area contributed by atoms with E-state index in [0.29, 0.717) is 6.04 Å². The number of benzene rings is 1. The van der Waals surface area contributed by atoms with E-state index in [0.717, 1.165) is 10.4 Å². The van der Waals surface area contributed by atoms with Gasteiger partial charge in [-0.1, -0.05) is 28.1 Å². The number of hydrogen-bond acceptors (Lipinski definition) is 2. The van der Waals surface area contributed by atoms with E-state index >= 15 is 0 Å². The van der Waals surface area contributed by atoms with Gasteiger partial charge in [0.15, 0.2) is 0 Å². The maximum atomic E-state index is 9.11. The maximum Gasteiger partial charge on any atom is 0.0582 e. The van der Waals surface area contributed by atoms with Crippen molar-refractivity contribution in [1.82, 2.24) is 5.32 Å². The van der Waals surface area contributed by atoms with Gasteiger partial charge in [-0.2, -0.15) is 0 Å². The molecule has 3 heteroatoms. The molecular formula is C13H18BrNO. The molecule has 0 amide bonds. The Morgan fingerprint density at radius 2 is 2.00 bits per heavy atom. The van der Waals surface area contributed by atoms with Crippen LogP contribution in [0.4, 0.5) is 0 Å². The summed E-state index contributed by atoms with van der Waals surface area (Å²) in [5, 5.41) is 12.6. The summed E-state index contributed by atoms with van der Waals surface area (Å²) in [7, 11) is 0. The number of hydrogen-bond donors (Lipinski definition) is 2. The largest absolute Gasteiger partial charge is 0.395 e. The summed E-state index contributed by atoms with van der Waals surface area (Å²) >= 11 is 3.45. The molecule has 0 aliphatic heterocycles. The first kappa shape index (κ1) is 12.1. The highest BCUT2D eigenvalue weighted by atomic mass is 79.9. The van der Waals surface area contributed by atoms with Gasteiger partial charge in [0.2, 0.25) is 0 Å². The average molecular weight is 284 g/mol. The second kappa shape index (κ2) is 5.30. The molecule has 2 nitrogen and oxygen atoms in total. The van der Waals surface area contributed by atoms with Crippen LogP contribution >= 0.6 is 15.9 Å². The fourth-order valence-corrected chi connectivity index (χ4v) is 2.23. The molecule has 1 aliphatic carbocycles. The van der Waals surface area contributed by atoms with E-state index in [1.165, 1.54) is 18.4 Å². The highest BCUT2D eigenvalue weighted by Crippen LogP contribution is 2.41. The van der Waals surface area contributed by atoms with Crippen LogP contribution in [-0.2, 0) is 0 Å². The molecule has 1 saturated carbocycles. The van der Waals surface area contributed by atoms with E-state index in [9.17, 15) is 0 Å². The van der Waals surface area contributed by atoms with Gasteiger partial charge in [-0.3, -0.25) is 0 Å². The van der Waals surface area contributed by atoms with Crippen LogP contribution in [0.25, 0.3) is 0 Å². The highest BCUT2D eigenvalue weighted by Gasteiger charge is 2.32. The van der Waals surface area contributed by atoms with Gasteiger partial charge in [0.25, 0.3) is 0 Å². The normalized spacial score (nSPS) is 19.4. The van der Waals surface area contributed by atoms with Crippen molar-refractivity contribution in [2.24, 2.45) is 5.92 Å². The lowest BCUT2D eigenvalue weighted by Crippen LogP contribution is -2.34. The average Bonchev–Trinajstić information content (AvgIpc) is 3.11. The van der Waals surface area contributed by atoms with E-state index in [1.807, 2.05) is 6.92 Å². The number of halogens is 1. The van der Waals surface area contributed by atoms with Crippen LogP contribution in [0.5, 0.6) is 0 Å². The minimum atomic E-state index is 0.161. The smallest absolute Gasteiger partial charge is 0.0582 e. The molecule has 0 spiro atoms. The van der Waals surface area contributed by atoms with Crippen molar-refractivity contribution in [3.8, 4) is 0 Å². The Hall–Kier alpha value is -0.380. The van der Waals surface area contributed by atoms with Crippen molar-refractivity contribution in [3.63, 3.8) is 0 Å². The molecule has 2 unspecified atom stereocenters. The second-order valence-electron chi connectivity index (χ2n) is 4.62. The molecule has 16 heavy (non-hydrogen) atoms. The van der Waals surface area contributed by atoms with E-state index in [4.69, 9.17) is 5.11 Å². The predicted molar refractivity (Wildman–Crippen MR) is 69.3 cm³/mol. The molecule has 1 aromatic rings. The summed E-state index contributed by atoms with van der Waals surface area (Å²) in [5.41, 5.74) is 1.33. The van der Waals surface area contributed by atoms with Gasteiger partial charge in [-0.05, 0) is 43.4 Å². The molecule has 0 radical (unpaired) electrons. The quantitative estimate of drug-likeness (QED) is 0.871. The molecule has 0 bridgehead atoms. The van der Waals surface area contributed by atoms with Gasteiger partial charge in [-0.25, -0.2) is 0 Å². The molecule has 1 aliphatic rings. The lowest BCUT2D eigenvalue weighted by atomic mass is 10.0. The Labute approximate surface area is 105 Å². The Morgan fingerprint density at radius 3 is 2.50 bits per heavy atom. The second-order valence-corrected chi connectivity index (χ2v) is 5.53. The molecule has 88 valence electrons. The van der Waals surface area contributed by atoms with Crippen molar-refractivity contribution in [1.29, 1.82) is 0 Å². The summed E-state index contributed by atoms with van der Waals surface area (Å²) in [6.07, 6.45) is 2.59. The van der Waals surface area contributed by atoms with Crippen LogP contribution in [0.1, 0.15) is 31.4 Å². The summed E-state index contributed by atoms with van der Waals surface area (Å²) < 4.78 is 1.11. The SMILES string of the molecule is CC(CO)NC(c1ccc(Br)cc1)C1CC1. The zero-order chi connectivity index (χ0) is 11.5. The van der Waals surface area contributed by atoms with Crippen LogP contribution in [-0.4, -0.2) is 17.8 Å². The third kappa shape index (κ3) is 3.06. The lowest BCUT2D eigenvalue weighted by Gasteiger charge is -2.22.